The average molecular weight is 239 g/mol. The number of amides is 1. The van der Waals surface area contributed by atoms with Crippen LogP contribution in [0.3, 0.4) is 0 Å². The lowest BCUT2D eigenvalue weighted by Crippen LogP contribution is -2.28. The van der Waals surface area contributed by atoms with E-state index < -0.39 is 0 Å². The number of hydrogen-bond acceptors (Lipinski definition) is 3. The van der Waals surface area contributed by atoms with Crippen LogP contribution in [-0.4, -0.2) is 30.9 Å². The van der Waals surface area contributed by atoms with Gasteiger partial charge in [-0.2, -0.15) is 5.26 Å². The van der Waals surface area contributed by atoms with Gasteiger partial charge >= 0.3 is 0 Å². The SMILES string of the molecule is CC(C)C(CCN)CCC(=O)N(C)CCC#N. The molecule has 1 atom stereocenters. The molecule has 0 aromatic carbocycles. The Labute approximate surface area is 105 Å². The molecule has 0 rings (SSSR count). The van der Waals surface area contributed by atoms with Crippen LogP contribution in [0.1, 0.15) is 39.5 Å². The smallest absolute Gasteiger partial charge is 0.222 e. The molecule has 0 radical (unpaired) electrons. The fourth-order valence-electron chi connectivity index (χ4n) is 1.87. The van der Waals surface area contributed by atoms with Gasteiger partial charge in [0.15, 0.2) is 0 Å². The van der Waals surface area contributed by atoms with Crippen LogP contribution in [0, 0.1) is 23.2 Å². The Kier molecular flexibility index (Phi) is 8.43. The Bertz CT molecular complexity index is 258. The van der Waals surface area contributed by atoms with Crippen LogP contribution in [0.5, 0.6) is 0 Å². The summed E-state index contributed by atoms with van der Waals surface area (Å²) >= 11 is 0. The third-order valence-corrected chi connectivity index (χ3v) is 3.19. The largest absolute Gasteiger partial charge is 0.345 e. The van der Waals surface area contributed by atoms with Crippen molar-refractivity contribution in [3.63, 3.8) is 0 Å². The lowest BCUT2D eigenvalue weighted by molar-refractivity contribution is -0.130. The normalized spacial score (nSPS) is 12.2. The molecule has 0 aliphatic rings. The standard InChI is InChI=1S/C13H25N3O/c1-11(2)12(7-9-15)5-6-13(17)16(3)10-4-8-14/h11-12H,4-7,9-10,15H2,1-3H3. The van der Waals surface area contributed by atoms with Gasteiger partial charge in [-0.15, -0.1) is 0 Å². The second-order valence-corrected chi connectivity index (χ2v) is 4.84. The van der Waals surface area contributed by atoms with Crippen LogP contribution in [0.25, 0.3) is 0 Å². The summed E-state index contributed by atoms with van der Waals surface area (Å²) in [7, 11) is 1.76. The summed E-state index contributed by atoms with van der Waals surface area (Å²) in [5.74, 6) is 1.21. The third-order valence-electron chi connectivity index (χ3n) is 3.19. The Hall–Kier alpha value is -1.08. The van der Waals surface area contributed by atoms with Crippen LogP contribution in [0.4, 0.5) is 0 Å². The molecule has 0 aliphatic heterocycles. The zero-order chi connectivity index (χ0) is 13.3. The van der Waals surface area contributed by atoms with E-state index in [-0.39, 0.29) is 5.91 Å². The van der Waals surface area contributed by atoms with Crippen molar-refractivity contribution in [1.82, 2.24) is 4.90 Å². The molecule has 0 saturated carbocycles. The van der Waals surface area contributed by atoms with E-state index in [0.717, 1.165) is 12.8 Å². The molecule has 0 heterocycles. The molecule has 1 amide bonds. The first-order chi connectivity index (χ1) is 8.02. The molecule has 0 spiro atoms. The summed E-state index contributed by atoms with van der Waals surface area (Å²) in [6.07, 6.45) is 2.83. The van der Waals surface area contributed by atoms with Gasteiger partial charge in [-0.25, -0.2) is 0 Å². The van der Waals surface area contributed by atoms with Gasteiger partial charge in [0.2, 0.25) is 5.91 Å². The first kappa shape index (κ1) is 15.9. The van der Waals surface area contributed by atoms with Crippen LogP contribution in [-0.2, 0) is 4.79 Å². The first-order valence-electron chi connectivity index (χ1n) is 6.33. The average Bonchev–Trinajstić information content (AvgIpc) is 2.30. The quantitative estimate of drug-likeness (QED) is 0.701. The minimum atomic E-state index is 0.128. The summed E-state index contributed by atoms with van der Waals surface area (Å²) in [6.45, 7) is 5.55. The topological polar surface area (TPSA) is 70.1 Å². The summed E-state index contributed by atoms with van der Waals surface area (Å²) in [5, 5.41) is 8.46. The molecule has 98 valence electrons. The summed E-state index contributed by atoms with van der Waals surface area (Å²) in [6, 6.07) is 2.05. The van der Waals surface area contributed by atoms with Gasteiger partial charge < -0.3 is 10.6 Å². The zero-order valence-corrected chi connectivity index (χ0v) is 11.3. The third kappa shape index (κ3) is 6.96. The molecule has 0 aromatic heterocycles. The number of rotatable bonds is 8. The molecule has 0 aromatic rings. The van der Waals surface area contributed by atoms with Crippen LogP contribution >= 0.6 is 0 Å². The van der Waals surface area contributed by atoms with E-state index in [1.54, 1.807) is 11.9 Å². The summed E-state index contributed by atoms with van der Waals surface area (Å²) < 4.78 is 0. The maximum absolute atomic E-state index is 11.8. The van der Waals surface area contributed by atoms with E-state index in [9.17, 15) is 4.79 Å². The number of nitriles is 1. The summed E-state index contributed by atoms with van der Waals surface area (Å²) in [4.78, 5) is 13.4. The Morgan fingerprint density at radius 1 is 1.41 bits per heavy atom. The molecule has 4 nitrogen and oxygen atoms in total. The van der Waals surface area contributed by atoms with E-state index in [0.29, 0.717) is 37.8 Å². The van der Waals surface area contributed by atoms with Crippen molar-refractivity contribution in [2.24, 2.45) is 17.6 Å². The second-order valence-electron chi connectivity index (χ2n) is 4.84. The van der Waals surface area contributed by atoms with Gasteiger partial charge in [0.25, 0.3) is 0 Å². The van der Waals surface area contributed by atoms with Crippen molar-refractivity contribution in [3.05, 3.63) is 0 Å². The molecular formula is C13H25N3O. The lowest BCUT2D eigenvalue weighted by atomic mass is 9.88. The maximum atomic E-state index is 11.8. The monoisotopic (exact) mass is 239 g/mol. The Morgan fingerprint density at radius 2 is 2.06 bits per heavy atom. The van der Waals surface area contributed by atoms with Crippen molar-refractivity contribution in [3.8, 4) is 6.07 Å². The molecule has 1 unspecified atom stereocenters. The number of carbonyl (C=O) groups is 1. The van der Waals surface area contributed by atoms with Gasteiger partial charge in [0, 0.05) is 20.0 Å². The molecular weight excluding hydrogens is 214 g/mol. The number of hydrogen-bond donors (Lipinski definition) is 1. The molecule has 17 heavy (non-hydrogen) atoms. The van der Waals surface area contributed by atoms with Crippen molar-refractivity contribution >= 4 is 5.91 Å². The van der Waals surface area contributed by atoms with E-state index in [2.05, 4.69) is 13.8 Å². The van der Waals surface area contributed by atoms with E-state index in [1.807, 2.05) is 6.07 Å². The molecule has 2 N–H and O–H groups in total. The Morgan fingerprint density at radius 3 is 2.53 bits per heavy atom. The van der Waals surface area contributed by atoms with E-state index in [4.69, 9.17) is 11.0 Å². The van der Waals surface area contributed by atoms with E-state index >= 15 is 0 Å². The highest BCUT2D eigenvalue weighted by Crippen LogP contribution is 2.20. The fourth-order valence-corrected chi connectivity index (χ4v) is 1.87. The van der Waals surface area contributed by atoms with Gasteiger partial charge in [0.1, 0.15) is 0 Å². The van der Waals surface area contributed by atoms with Gasteiger partial charge in [-0.05, 0) is 31.2 Å². The minimum Gasteiger partial charge on any atom is -0.345 e. The van der Waals surface area contributed by atoms with Gasteiger partial charge in [0.05, 0.1) is 12.5 Å². The predicted octanol–water partition coefficient (Wildman–Crippen LogP) is 1.76. The second kappa shape index (κ2) is 9.00. The highest BCUT2D eigenvalue weighted by molar-refractivity contribution is 5.75. The number of nitrogens with zero attached hydrogens (tertiary/aromatic N) is 2. The molecule has 0 fully saturated rings. The number of nitrogens with two attached hydrogens (primary N) is 1. The van der Waals surface area contributed by atoms with Crippen LogP contribution < -0.4 is 5.73 Å². The molecule has 0 aliphatic carbocycles. The van der Waals surface area contributed by atoms with Crippen molar-refractivity contribution in [1.29, 1.82) is 5.26 Å². The maximum Gasteiger partial charge on any atom is 0.222 e. The van der Waals surface area contributed by atoms with Crippen molar-refractivity contribution < 1.29 is 4.79 Å². The van der Waals surface area contributed by atoms with Gasteiger partial charge in [-0.1, -0.05) is 13.8 Å². The molecule has 0 saturated heterocycles. The lowest BCUT2D eigenvalue weighted by Gasteiger charge is -2.21. The predicted molar refractivity (Wildman–Crippen MR) is 69.1 cm³/mol. The Balaban J connectivity index is 3.99. The van der Waals surface area contributed by atoms with Crippen molar-refractivity contribution in [2.45, 2.75) is 39.5 Å². The highest BCUT2D eigenvalue weighted by Gasteiger charge is 2.16. The van der Waals surface area contributed by atoms with Crippen LogP contribution in [0.15, 0.2) is 0 Å². The number of carbonyl (C=O) groups excluding carboxylic acids is 1. The highest BCUT2D eigenvalue weighted by atomic mass is 16.2. The van der Waals surface area contributed by atoms with Crippen LogP contribution in [0.2, 0.25) is 0 Å². The minimum absolute atomic E-state index is 0.128. The fraction of sp³-hybridized carbons (Fsp3) is 0.846. The van der Waals surface area contributed by atoms with Crippen molar-refractivity contribution in [2.75, 3.05) is 20.1 Å². The molecule has 4 heteroatoms. The van der Waals surface area contributed by atoms with E-state index in [1.165, 1.54) is 0 Å². The first-order valence-corrected chi connectivity index (χ1v) is 6.33. The zero-order valence-electron chi connectivity index (χ0n) is 11.3. The summed E-state index contributed by atoms with van der Waals surface area (Å²) in [5.41, 5.74) is 5.57. The molecule has 0 bridgehead atoms. The van der Waals surface area contributed by atoms with Gasteiger partial charge in [-0.3, -0.25) is 4.79 Å².